The van der Waals surface area contributed by atoms with Crippen LogP contribution in [0.2, 0.25) is 0 Å². The molecule has 112 valence electrons. The van der Waals surface area contributed by atoms with Crippen LogP contribution < -0.4 is 5.48 Å². The van der Waals surface area contributed by atoms with Crippen LogP contribution in [0.15, 0.2) is 41.5 Å². The van der Waals surface area contributed by atoms with E-state index in [9.17, 15) is 0 Å². The molecule has 1 aromatic carbocycles. The van der Waals surface area contributed by atoms with Crippen LogP contribution in [0.25, 0.3) is 10.9 Å². The molecule has 1 unspecified atom stereocenters. The Hall–Kier alpha value is -1.98. The molecule has 0 saturated carbocycles. The van der Waals surface area contributed by atoms with E-state index in [1.54, 1.807) is 0 Å². The van der Waals surface area contributed by atoms with Crippen molar-refractivity contribution < 1.29 is 4.84 Å². The summed E-state index contributed by atoms with van der Waals surface area (Å²) >= 11 is 0. The van der Waals surface area contributed by atoms with Crippen molar-refractivity contribution in [1.29, 1.82) is 0 Å². The molecule has 2 bridgehead atoms. The predicted octanol–water partition coefficient (Wildman–Crippen LogP) is 1.94. The molecule has 0 aliphatic carbocycles. The summed E-state index contributed by atoms with van der Waals surface area (Å²) in [6, 6.07) is 10.3. The SMILES string of the molecule is c1ccc2ncc(C3=NC4(CN5CCC4CC5)ON3)cc2c1. The van der Waals surface area contributed by atoms with Gasteiger partial charge in [-0.2, -0.15) is 0 Å². The van der Waals surface area contributed by atoms with Gasteiger partial charge < -0.3 is 0 Å². The number of nitrogens with zero attached hydrogens (tertiary/aromatic N) is 3. The van der Waals surface area contributed by atoms with Gasteiger partial charge in [0.05, 0.1) is 12.1 Å². The van der Waals surface area contributed by atoms with E-state index in [0.29, 0.717) is 5.92 Å². The number of aliphatic imine (C=N–C) groups is 1. The number of hydroxylamine groups is 1. The van der Waals surface area contributed by atoms with E-state index in [1.165, 1.54) is 25.9 Å². The van der Waals surface area contributed by atoms with Crippen molar-refractivity contribution >= 4 is 16.7 Å². The lowest BCUT2D eigenvalue weighted by Crippen LogP contribution is -2.58. The van der Waals surface area contributed by atoms with Crippen LogP contribution in [0.1, 0.15) is 18.4 Å². The highest BCUT2D eigenvalue weighted by Gasteiger charge is 2.51. The summed E-state index contributed by atoms with van der Waals surface area (Å²) in [6.45, 7) is 3.26. The maximum Gasteiger partial charge on any atom is 0.202 e. The molecule has 3 saturated heterocycles. The fourth-order valence-corrected chi connectivity index (χ4v) is 3.93. The number of rotatable bonds is 1. The van der Waals surface area contributed by atoms with Gasteiger partial charge in [-0.15, -0.1) is 0 Å². The summed E-state index contributed by atoms with van der Waals surface area (Å²) < 4.78 is 0. The molecule has 5 heteroatoms. The fourth-order valence-electron chi connectivity index (χ4n) is 3.93. The highest BCUT2D eigenvalue weighted by molar-refractivity contribution is 6.01. The number of benzene rings is 1. The largest absolute Gasteiger partial charge is 0.298 e. The molecule has 3 fully saturated rings. The monoisotopic (exact) mass is 294 g/mol. The number of amidine groups is 1. The second-order valence-electron chi connectivity index (χ2n) is 6.48. The summed E-state index contributed by atoms with van der Waals surface area (Å²) in [4.78, 5) is 17.9. The molecule has 6 rings (SSSR count). The van der Waals surface area contributed by atoms with E-state index in [1.807, 2.05) is 24.4 Å². The molecule has 1 N–H and O–H groups in total. The Labute approximate surface area is 129 Å². The van der Waals surface area contributed by atoms with Gasteiger partial charge in [0.15, 0.2) is 5.84 Å². The van der Waals surface area contributed by atoms with Gasteiger partial charge in [-0.05, 0) is 38.1 Å². The Morgan fingerprint density at radius 3 is 2.91 bits per heavy atom. The number of aromatic nitrogens is 1. The van der Waals surface area contributed by atoms with Gasteiger partial charge in [-0.1, -0.05) is 18.2 Å². The third kappa shape index (κ3) is 1.79. The lowest BCUT2D eigenvalue weighted by Gasteiger charge is -2.47. The molecule has 0 radical (unpaired) electrons. The van der Waals surface area contributed by atoms with E-state index >= 15 is 0 Å². The maximum absolute atomic E-state index is 5.97. The van der Waals surface area contributed by atoms with Crippen LogP contribution in [-0.2, 0) is 4.84 Å². The molecule has 1 atom stereocenters. The predicted molar refractivity (Wildman–Crippen MR) is 84.4 cm³/mol. The van der Waals surface area contributed by atoms with E-state index in [0.717, 1.165) is 28.8 Å². The lowest BCUT2D eigenvalue weighted by molar-refractivity contribution is -0.155. The minimum absolute atomic E-state index is 0.391. The van der Waals surface area contributed by atoms with Gasteiger partial charge in [0.25, 0.3) is 0 Å². The van der Waals surface area contributed by atoms with E-state index in [4.69, 9.17) is 9.83 Å². The maximum atomic E-state index is 5.97. The van der Waals surface area contributed by atoms with Gasteiger partial charge in [0.1, 0.15) is 0 Å². The molecule has 0 amide bonds. The Morgan fingerprint density at radius 2 is 2.09 bits per heavy atom. The van der Waals surface area contributed by atoms with Crippen LogP contribution in [0.5, 0.6) is 0 Å². The molecule has 1 spiro atoms. The highest BCUT2D eigenvalue weighted by atomic mass is 16.7. The zero-order valence-corrected chi connectivity index (χ0v) is 12.3. The smallest absolute Gasteiger partial charge is 0.202 e. The third-order valence-electron chi connectivity index (χ3n) is 5.17. The van der Waals surface area contributed by atoms with Gasteiger partial charge >= 0.3 is 0 Å². The highest BCUT2D eigenvalue weighted by Crippen LogP contribution is 2.40. The fraction of sp³-hybridized carbons (Fsp3) is 0.412. The zero-order chi connectivity index (χ0) is 14.6. The number of piperidine rings is 3. The first-order valence-electron chi connectivity index (χ1n) is 7.94. The van der Waals surface area contributed by atoms with Gasteiger partial charge in [-0.3, -0.25) is 9.88 Å². The van der Waals surface area contributed by atoms with Crippen LogP contribution in [0.3, 0.4) is 0 Å². The zero-order valence-electron chi connectivity index (χ0n) is 12.3. The summed E-state index contributed by atoms with van der Waals surface area (Å²) in [5.74, 6) is 1.34. The van der Waals surface area contributed by atoms with Crippen molar-refractivity contribution in [3.63, 3.8) is 0 Å². The Bertz CT molecular complexity index is 766. The number of nitrogens with one attached hydrogen (secondary N) is 1. The van der Waals surface area contributed by atoms with Gasteiger partial charge in [-0.25, -0.2) is 15.3 Å². The normalized spacial score (nSPS) is 33.2. The van der Waals surface area contributed by atoms with Crippen molar-refractivity contribution in [1.82, 2.24) is 15.4 Å². The molecule has 4 aliphatic rings. The minimum Gasteiger partial charge on any atom is -0.298 e. The van der Waals surface area contributed by atoms with E-state index in [-0.39, 0.29) is 0 Å². The summed E-state index contributed by atoms with van der Waals surface area (Å²) in [7, 11) is 0. The average Bonchev–Trinajstić information content (AvgIpc) is 2.99. The average molecular weight is 294 g/mol. The number of hydrogen-bond acceptors (Lipinski definition) is 5. The van der Waals surface area contributed by atoms with E-state index in [2.05, 4.69) is 27.5 Å². The quantitative estimate of drug-likeness (QED) is 0.873. The number of fused-ring (bicyclic) bond motifs is 3. The Morgan fingerprint density at radius 1 is 1.23 bits per heavy atom. The number of hydrogen-bond donors (Lipinski definition) is 1. The van der Waals surface area contributed by atoms with Crippen LogP contribution in [0, 0.1) is 5.92 Å². The Balaban J connectivity index is 1.53. The first-order chi connectivity index (χ1) is 10.8. The second kappa shape index (κ2) is 4.51. The molecule has 4 aliphatic heterocycles. The van der Waals surface area contributed by atoms with Crippen LogP contribution in [-0.4, -0.2) is 41.1 Å². The molecule has 5 heterocycles. The lowest BCUT2D eigenvalue weighted by atomic mass is 9.81. The van der Waals surface area contributed by atoms with Crippen molar-refractivity contribution in [2.45, 2.75) is 18.6 Å². The van der Waals surface area contributed by atoms with Crippen molar-refractivity contribution in [2.75, 3.05) is 19.6 Å². The standard InChI is InChI=1S/C17H18N4O/c1-2-4-15-12(3-1)9-13(10-18-15)16-19-17(22-20-16)11-21-7-5-14(17)6-8-21/h1-4,9-10,14H,5-8,11H2,(H,19,20). The summed E-state index contributed by atoms with van der Waals surface area (Å²) in [5, 5.41) is 1.12. The summed E-state index contributed by atoms with van der Waals surface area (Å²) in [5.41, 5.74) is 4.67. The molecule has 5 nitrogen and oxygen atoms in total. The van der Waals surface area contributed by atoms with Crippen molar-refractivity contribution in [3.05, 3.63) is 42.1 Å². The van der Waals surface area contributed by atoms with Gasteiger partial charge in [0, 0.05) is 23.1 Å². The molecular weight excluding hydrogens is 276 g/mol. The molecule has 2 aromatic rings. The van der Waals surface area contributed by atoms with E-state index < -0.39 is 5.72 Å². The molecule has 22 heavy (non-hydrogen) atoms. The first-order valence-corrected chi connectivity index (χ1v) is 7.94. The second-order valence-corrected chi connectivity index (χ2v) is 6.48. The number of pyridine rings is 1. The minimum atomic E-state index is -0.391. The summed E-state index contributed by atoms with van der Waals surface area (Å²) in [6.07, 6.45) is 4.22. The van der Waals surface area contributed by atoms with Crippen LogP contribution >= 0.6 is 0 Å². The van der Waals surface area contributed by atoms with Crippen molar-refractivity contribution in [2.24, 2.45) is 10.9 Å². The van der Waals surface area contributed by atoms with Crippen molar-refractivity contribution in [3.8, 4) is 0 Å². The third-order valence-corrected chi connectivity index (χ3v) is 5.17. The Kier molecular flexibility index (Phi) is 2.57. The topological polar surface area (TPSA) is 49.8 Å². The number of para-hydroxylation sites is 1. The first kappa shape index (κ1) is 12.6. The molecular formula is C17H18N4O. The molecule has 1 aromatic heterocycles. The van der Waals surface area contributed by atoms with Crippen LogP contribution in [0.4, 0.5) is 0 Å². The van der Waals surface area contributed by atoms with Gasteiger partial charge in [0.2, 0.25) is 5.72 Å².